The number of fused-ring (bicyclic) bond motifs is 1. The van der Waals surface area contributed by atoms with Crippen LogP contribution in [0, 0.1) is 0 Å². The van der Waals surface area contributed by atoms with Crippen LogP contribution < -0.4 is 15.1 Å². The zero-order valence-electron chi connectivity index (χ0n) is 23.1. The molecule has 0 heterocycles. The highest BCUT2D eigenvalue weighted by molar-refractivity contribution is 7.43. The van der Waals surface area contributed by atoms with Gasteiger partial charge in [-0.05, 0) is 54.9 Å². The summed E-state index contributed by atoms with van der Waals surface area (Å²) in [6.45, 7) is 1.88. The van der Waals surface area contributed by atoms with Crippen molar-refractivity contribution in [3.8, 4) is 0 Å². The number of nitrogens with one attached hydrogen (secondary N) is 1. The highest BCUT2D eigenvalue weighted by Crippen LogP contribution is 2.26. The average Bonchev–Trinajstić information content (AvgIpc) is 2.89. The van der Waals surface area contributed by atoms with Gasteiger partial charge >= 0.3 is 0 Å². The SMILES string of the molecule is CCCCCCCC/C=C\CCCCCCCC(=O)N[C@@H](COP(=O)([O-])[O-])Cc1cccc2ccccc12. The van der Waals surface area contributed by atoms with E-state index in [-0.39, 0.29) is 12.5 Å². The van der Waals surface area contributed by atoms with Crippen molar-refractivity contribution in [3.05, 3.63) is 60.2 Å². The molecule has 0 spiro atoms. The Labute approximate surface area is 229 Å². The smallest absolute Gasteiger partial charge is 0.220 e. The largest absolute Gasteiger partial charge is 0.790 e. The Hall–Kier alpha value is -1.98. The van der Waals surface area contributed by atoms with Gasteiger partial charge in [-0.3, -0.25) is 4.79 Å². The molecule has 0 radical (unpaired) electrons. The molecule has 1 atom stereocenters. The van der Waals surface area contributed by atoms with Gasteiger partial charge in [-0.25, -0.2) is 0 Å². The third-order valence-electron chi connectivity index (χ3n) is 6.81. The van der Waals surface area contributed by atoms with Crippen LogP contribution in [0.1, 0.15) is 102 Å². The number of carbonyl (C=O) groups is 1. The van der Waals surface area contributed by atoms with Crippen LogP contribution in [0.2, 0.25) is 0 Å². The van der Waals surface area contributed by atoms with Gasteiger partial charge in [0.25, 0.3) is 0 Å². The second-order valence-electron chi connectivity index (χ2n) is 10.2. The summed E-state index contributed by atoms with van der Waals surface area (Å²) >= 11 is 0. The lowest BCUT2D eigenvalue weighted by Gasteiger charge is -2.31. The van der Waals surface area contributed by atoms with Crippen molar-refractivity contribution >= 4 is 24.5 Å². The van der Waals surface area contributed by atoms with Crippen molar-refractivity contribution in [2.24, 2.45) is 0 Å². The molecule has 0 aliphatic carbocycles. The number of allylic oxidation sites excluding steroid dienone is 2. The standard InChI is InChI=1S/C31H48NO5P/c1-2-3-4-5-6-7-8-9-10-11-12-13-14-15-16-24-31(33)32-29(26-37-38(34,35)36)25-28-22-19-21-27-20-17-18-23-30(27)28/h9-10,17-23,29H,2-8,11-16,24-26H2,1H3,(H,32,33)(H2,34,35,36)/p-2/b10-9-/t29-/m1/s1. The molecule has 1 amide bonds. The zero-order valence-corrected chi connectivity index (χ0v) is 24.0. The van der Waals surface area contributed by atoms with E-state index < -0.39 is 13.9 Å². The first-order valence-electron chi connectivity index (χ1n) is 14.5. The molecule has 2 rings (SSSR count). The van der Waals surface area contributed by atoms with Gasteiger partial charge in [0.15, 0.2) is 0 Å². The molecule has 0 fully saturated rings. The van der Waals surface area contributed by atoms with Crippen molar-refractivity contribution in [2.45, 2.75) is 109 Å². The molecule has 2 aromatic rings. The van der Waals surface area contributed by atoms with E-state index in [2.05, 4.69) is 28.9 Å². The number of rotatable bonds is 21. The number of hydrogen-bond acceptors (Lipinski definition) is 5. The monoisotopic (exact) mass is 543 g/mol. The Kier molecular flexibility index (Phi) is 16.2. The van der Waals surface area contributed by atoms with E-state index in [0.717, 1.165) is 48.4 Å². The van der Waals surface area contributed by atoms with Crippen molar-refractivity contribution in [1.82, 2.24) is 5.32 Å². The van der Waals surface area contributed by atoms with Gasteiger partial charge in [-0.1, -0.05) is 113 Å². The number of hydrogen-bond donors (Lipinski definition) is 1. The van der Waals surface area contributed by atoms with Gasteiger partial charge < -0.3 is 24.2 Å². The molecule has 0 unspecified atom stereocenters. The topological polar surface area (TPSA) is 102 Å². The molecule has 6 nitrogen and oxygen atoms in total. The molecule has 212 valence electrons. The van der Waals surface area contributed by atoms with Crippen LogP contribution in [0.4, 0.5) is 0 Å². The summed E-state index contributed by atoms with van der Waals surface area (Å²) in [5.74, 6) is -0.150. The van der Waals surface area contributed by atoms with E-state index in [9.17, 15) is 19.1 Å². The number of phosphoric ester groups is 1. The minimum absolute atomic E-state index is 0.150. The van der Waals surface area contributed by atoms with E-state index in [1.54, 1.807) is 0 Å². The van der Waals surface area contributed by atoms with Gasteiger partial charge in [-0.15, -0.1) is 0 Å². The average molecular weight is 544 g/mol. The van der Waals surface area contributed by atoms with Crippen LogP contribution >= 0.6 is 7.82 Å². The predicted octanol–water partition coefficient (Wildman–Crippen LogP) is 6.75. The van der Waals surface area contributed by atoms with Gasteiger partial charge in [-0.2, -0.15) is 0 Å². The van der Waals surface area contributed by atoms with Crippen LogP contribution in [-0.2, 0) is 20.3 Å². The molecule has 0 bridgehead atoms. The third-order valence-corrected chi connectivity index (χ3v) is 7.28. The Balaban J connectivity index is 1.64. The molecule has 1 N–H and O–H groups in total. The van der Waals surface area contributed by atoms with E-state index in [0.29, 0.717) is 12.8 Å². The van der Waals surface area contributed by atoms with E-state index >= 15 is 0 Å². The normalized spacial score (nSPS) is 12.8. The molecule has 2 aromatic carbocycles. The van der Waals surface area contributed by atoms with E-state index in [1.807, 2.05) is 42.5 Å². The fourth-order valence-corrected chi connectivity index (χ4v) is 5.09. The van der Waals surface area contributed by atoms with Crippen molar-refractivity contribution in [2.75, 3.05) is 6.61 Å². The summed E-state index contributed by atoms with van der Waals surface area (Å²) in [4.78, 5) is 34.7. The van der Waals surface area contributed by atoms with Gasteiger partial charge in [0.2, 0.25) is 5.91 Å². The fraction of sp³-hybridized carbons (Fsp3) is 0.581. The fourth-order valence-electron chi connectivity index (χ4n) is 4.72. The van der Waals surface area contributed by atoms with Gasteiger partial charge in [0.05, 0.1) is 20.5 Å². The first-order chi connectivity index (χ1) is 18.4. The lowest BCUT2D eigenvalue weighted by Crippen LogP contribution is -2.40. The minimum Gasteiger partial charge on any atom is -0.790 e. The Morgan fingerprint density at radius 1 is 0.868 bits per heavy atom. The molecular weight excluding hydrogens is 497 g/mol. The summed E-state index contributed by atoms with van der Waals surface area (Å²) < 4.78 is 15.6. The maximum absolute atomic E-state index is 12.6. The minimum atomic E-state index is -5.13. The van der Waals surface area contributed by atoms with E-state index in [1.165, 1.54) is 51.4 Å². The number of phosphoric acid groups is 1. The van der Waals surface area contributed by atoms with Gasteiger partial charge in [0, 0.05) is 6.42 Å². The Morgan fingerprint density at radius 2 is 1.47 bits per heavy atom. The van der Waals surface area contributed by atoms with Crippen molar-refractivity contribution < 1.29 is 23.7 Å². The molecule has 0 aliphatic rings. The van der Waals surface area contributed by atoms with Crippen LogP contribution in [0.15, 0.2) is 54.6 Å². The van der Waals surface area contributed by atoms with Crippen LogP contribution in [-0.4, -0.2) is 18.6 Å². The third kappa shape index (κ3) is 14.8. The van der Waals surface area contributed by atoms with Crippen molar-refractivity contribution in [3.63, 3.8) is 0 Å². The number of amides is 1. The summed E-state index contributed by atoms with van der Waals surface area (Å²) in [7, 11) is -5.13. The summed E-state index contributed by atoms with van der Waals surface area (Å²) in [6, 6.07) is 13.1. The predicted molar refractivity (Wildman–Crippen MR) is 153 cm³/mol. The van der Waals surface area contributed by atoms with Crippen LogP contribution in [0.3, 0.4) is 0 Å². The number of carbonyl (C=O) groups excluding carboxylic acids is 1. The quantitative estimate of drug-likeness (QED) is 0.107. The van der Waals surface area contributed by atoms with Crippen LogP contribution in [0.25, 0.3) is 10.8 Å². The van der Waals surface area contributed by atoms with Crippen molar-refractivity contribution in [1.29, 1.82) is 0 Å². The van der Waals surface area contributed by atoms with Crippen LogP contribution in [0.5, 0.6) is 0 Å². The molecule has 0 saturated heterocycles. The van der Waals surface area contributed by atoms with Gasteiger partial charge in [0.1, 0.15) is 0 Å². The highest BCUT2D eigenvalue weighted by atomic mass is 31.2. The lowest BCUT2D eigenvalue weighted by atomic mass is 9.99. The molecular formula is C31H46NO5P-2. The molecule has 0 aromatic heterocycles. The Morgan fingerprint density at radius 3 is 2.16 bits per heavy atom. The first kappa shape index (κ1) is 32.2. The zero-order chi connectivity index (χ0) is 27.5. The summed E-state index contributed by atoms with van der Waals surface area (Å²) in [6.07, 6.45) is 20.9. The summed E-state index contributed by atoms with van der Waals surface area (Å²) in [5, 5.41) is 4.97. The second-order valence-corrected chi connectivity index (χ2v) is 11.3. The number of benzene rings is 2. The summed E-state index contributed by atoms with van der Waals surface area (Å²) in [5.41, 5.74) is 0.963. The maximum atomic E-state index is 12.6. The maximum Gasteiger partial charge on any atom is 0.220 e. The first-order valence-corrected chi connectivity index (χ1v) is 15.9. The molecule has 38 heavy (non-hydrogen) atoms. The highest BCUT2D eigenvalue weighted by Gasteiger charge is 2.15. The number of unbranched alkanes of at least 4 members (excludes halogenated alkanes) is 11. The lowest BCUT2D eigenvalue weighted by molar-refractivity contribution is -0.342. The Bertz CT molecular complexity index is 997. The molecule has 0 aliphatic heterocycles. The van der Waals surface area contributed by atoms with E-state index in [4.69, 9.17) is 0 Å². The second kappa shape index (κ2) is 19.1. The molecule has 0 saturated carbocycles. The molecule has 7 heteroatoms.